The molecule has 5 heteroatoms. The Balaban J connectivity index is 1.81. The Morgan fingerprint density at radius 2 is 1.87 bits per heavy atom. The Morgan fingerprint density at radius 1 is 1.22 bits per heavy atom. The van der Waals surface area contributed by atoms with Gasteiger partial charge in [0, 0.05) is 6.04 Å². The lowest BCUT2D eigenvalue weighted by atomic mass is 9.87. The number of benzene rings is 1. The van der Waals surface area contributed by atoms with Crippen LogP contribution in [0.1, 0.15) is 44.6 Å². The molecular weight excluding hydrogens is 290 g/mol. The molecule has 1 heterocycles. The minimum Gasteiger partial charge on any atom is -0.319 e. The van der Waals surface area contributed by atoms with Gasteiger partial charge in [0.1, 0.15) is 5.54 Å². The fourth-order valence-electron chi connectivity index (χ4n) is 3.80. The van der Waals surface area contributed by atoms with E-state index in [0.717, 1.165) is 18.4 Å². The molecule has 0 spiro atoms. The molecule has 1 aromatic rings. The van der Waals surface area contributed by atoms with Gasteiger partial charge in [-0.2, -0.15) is 0 Å². The van der Waals surface area contributed by atoms with Gasteiger partial charge >= 0.3 is 6.03 Å². The van der Waals surface area contributed by atoms with Crippen LogP contribution in [-0.2, 0) is 10.3 Å². The standard InChI is InChI=1S/C18H25N3O2/c1-3-18(14-9-5-4-6-10-14)16(22)21(17(23)19-18)13-20(2)15-11-7-8-12-15/h4-6,9-10,15H,3,7-8,11-13H2,1-2H3,(H,19,23)/t18-/m0/s1. The highest BCUT2D eigenvalue weighted by Crippen LogP contribution is 2.33. The molecule has 3 amide bonds. The molecule has 0 unspecified atom stereocenters. The molecule has 2 aliphatic rings. The smallest absolute Gasteiger partial charge is 0.319 e. The van der Waals surface area contributed by atoms with E-state index in [9.17, 15) is 9.59 Å². The minimum atomic E-state index is -0.922. The first-order valence-corrected chi connectivity index (χ1v) is 8.48. The maximum Gasteiger partial charge on any atom is 0.326 e. The summed E-state index contributed by atoms with van der Waals surface area (Å²) in [5, 5.41) is 2.94. The van der Waals surface area contributed by atoms with Crippen molar-refractivity contribution in [2.24, 2.45) is 0 Å². The van der Waals surface area contributed by atoms with Gasteiger partial charge in [0.25, 0.3) is 5.91 Å². The van der Waals surface area contributed by atoms with Crippen molar-refractivity contribution in [3.8, 4) is 0 Å². The van der Waals surface area contributed by atoms with Gasteiger partial charge in [0.2, 0.25) is 0 Å². The topological polar surface area (TPSA) is 52.7 Å². The van der Waals surface area contributed by atoms with Gasteiger partial charge in [-0.15, -0.1) is 0 Å². The van der Waals surface area contributed by atoms with Gasteiger partial charge in [-0.25, -0.2) is 9.69 Å². The van der Waals surface area contributed by atoms with Crippen molar-refractivity contribution in [3.05, 3.63) is 35.9 Å². The van der Waals surface area contributed by atoms with E-state index in [-0.39, 0.29) is 11.9 Å². The van der Waals surface area contributed by atoms with Gasteiger partial charge in [0.05, 0.1) is 6.67 Å². The SMILES string of the molecule is CC[C@@]1(c2ccccc2)NC(=O)N(CN(C)C2CCCC2)C1=O. The largest absolute Gasteiger partial charge is 0.326 e. The normalized spacial score (nSPS) is 25.4. The van der Waals surface area contributed by atoms with E-state index in [2.05, 4.69) is 10.2 Å². The van der Waals surface area contributed by atoms with Crippen LogP contribution in [0.25, 0.3) is 0 Å². The number of hydrogen-bond donors (Lipinski definition) is 1. The molecule has 124 valence electrons. The molecule has 5 nitrogen and oxygen atoms in total. The summed E-state index contributed by atoms with van der Waals surface area (Å²) in [4.78, 5) is 29.0. The zero-order valence-electron chi connectivity index (χ0n) is 13.9. The third-order valence-corrected chi connectivity index (χ3v) is 5.29. The van der Waals surface area contributed by atoms with Crippen LogP contribution in [0.4, 0.5) is 4.79 Å². The Labute approximate surface area is 137 Å². The molecule has 1 aliphatic heterocycles. The molecule has 23 heavy (non-hydrogen) atoms. The number of urea groups is 1. The van der Waals surface area contributed by atoms with Crippen LogP contribution in [0.5, 0.6) is 0 Å². The number of imide groups is 1. The second-order valence-corrected chi connectivity index (χ2v) is 6.62. The molecule has 2 fully saturated rings. The van der Waals surface area contributed by atoms with Crippen LogP contribution in [0.15, 0.2) is 30.3 Å². The van der Waals surface area contributed by atoms with Crippen LogP contribution in [0.2, 0.25) is 0 Å². The van der Waals surface area contributed by atoms with Crippen LogP contribution in [0, 0.1) is 0 Å². The lowest BCUT2D eigenvalue weighted by Crippen LogP contribution is -2.46. The van der Waals surface area contributed by atoms with Gasteiger partial charge in [-0.1, -0.05) is 50.1 Å². The molecule has 3 rings (SSSR count). The predicted octanol–water partition coefficient (Wildman–Crippen LogP) is 2.68. The van der Waals surface area contributed by atoms with Crippen LogP contribution >= 0.6 is 0 Å². The zero-order chi connectivity index (χ0) is 16.4. The molecule has 1 saturated heterocycles. The minimum absolute atomic E-state index is 0.138. The summed E-state index contributed by atoms with van der Waals surface area (Å²) in [5.74, 6) is -0.138. The first-order valence-electron chi connectivity index (χ1n) is 8.48. The molecule has 0 aromatic heterocycles. The summed E-state index contributed by atoms with van der Waals surface area (Å²) in [6.07, 6.45) is 5.32. The van der Waals surface area contributed by atoms with Crippen molar-refractivity contribution < 1.29 is 9.59 Å². The van der Waals surface area contributed by atoms with Crippen molar-refractivity contribution in [2.45, 2.75) is 50.6 Å². The molecule has 1 aromatic carbocycles. The highest BCUT2D eigenvalue weighted by Gasteiger charge is 2.51. The summed E-state index contributed by atoms with van der Waals surface area (Å²) >= 11 is 0. The van der Waals surface area contributed by atoms with E-state index < -0.39 is 5.54 Å². The number of hydrogen-bond acceptors (Lipinski definition) is 3. The van der Waals surface area contributed by atoms with Crippen LogP contribution in [-0.4, -0.2) is 41.5 Å². The van der Waals surface area contributed by atoms with Gasteiger partial charge < -0.3 is 5.32 Å². The van der Waals surface area contributed by atoms with Crippen LogP contribution < -0.4 is 5.32 Å². The molecular formula is C18H25N3O2. The van der Waals surface area contributed by atoms with E-state index in [1.165, 1.54) is 17.7 Å². The van der Waals surface area contributed by atoms with E-state index in [0.29, 0.717) is 19.1 Å². The molecule has 1 atom stereocenters. The maximum absolute atomic E-state index is 13.0. The number of nitrogens with zero attached hydrogens (tertiary/aromatic N) is 2. The third kappa shape index (κ3) is 2.74. The van der Waals surface area contributed by atoms with E-state index in [4.69, 9.17) is 0 Å². The lowest BCUT2D eigenvalue weighted by Gasteiger charge is -2.29. The fraction of sp³-hybridized carbons (Fsp3) is 0.556. The molecule has 1 N–H and O–H groups in total. The predicted molar refractivity (Wildman–Crippen MR) is 88.7 cm³/mol. The van der Waals surface area contributed by atoms with Gasteiger partial charge in [-0.3, -0.25) is 9.69 Å². The number of rotatable bonds is 5. The summed E-state index contributed by atoms with van der Waals surface area (Å²) in [6, 6.07) is 9.73. The fourth-order valence-corrected chi connectivity index (χ4v) is 3.80. The lowest BCUT2D eigenvalue weighted by molar-refractivity contribution is -0.133. The Kier molecular flexibility index (Phi) is 4.39. The van der Waals surface area contributed by atoms with Gasteiger partial charge in [0.15, 0.2) is 0 Å². The number of amides is 3. The average molecular weight is 315 g/mol. The maximum atomic E-state index is 13.0. The summed E-state index contributed by atoms with van der Waals surface area (Å²) in [6.45, 7) is 2.30. The van der Waals surface area contributed by atoms with Gasteiger partial charge in [-0.05, 0) is 31.9 Å². The van der Waals surface area contributed by atoms with Crippen molar-refractivity contribution in [2.75, 3.05) is 13.7 Å². The van der Waals surface area contributed by atoms with Crippen LogP contribution in [0.3, 0.4) is 0 Å². The third-order valence-electron chi connectivity index (χ3n) is 5.29. The molecule has 1 saturated carbocycles. The number of carbonyl (C=O) groups is 2. The highest BCUT2D eigenvalue weighted by molar-refractivity contribution is 6.07. The molecule has 0 bridgehead atoms. The summed E-state index contributed by atoms with van der Waals surface area (Å²) < 4.78 is 0. The Morgan fingerprint density at radius 3 is 2.48 bits per heavy atom. The van der Waals surface area contributed by atoms with E-state index in [1.807, 2.05) is 44.3 Å². The number of carbonyl (C=O) groups excluding carboxylic acids is 2. The van der Waals surface area contributed by atoms with E-state index >= 15 is 0 Å². The van der Waals surface area contributed by atoms with Crippen molar-refractivity contribution in [3.63, 3.8) is 0 Å². The van der Waals surface area contributed by atoms with Crippen molar-refractivity contribution in [1.82, 2.24) is 15.1 Å². The highest BCUT2D eigenvalue weighted by atomic mass is 16.2. The second-order valence-electron chi connectivity index (χ2n) is 6.62. The van der Waals surface area contributed by atoms with Crippen molar-refractivity contribution >= 4 is 11.9 Å². The molecule has 1 aliphatic carbocycles. The monoisotopic (exact) mass is 315 g/mol. The molecule has 0 radical (unpaired) electrons. The van der Waals surface area contributed by atoms with E-state index in [1.54, 1.807) is 0 Å². The quantitative estimate of drug-likeness (QED) is 0.850. The Hall–Kier alpha value is -1.88. The second kappa shape index (κ2) is 6.32. The zero-order valence-corrected chi connectivity index (χ0v) is 13.9. The number of nitrogens with one attached hydrogen (secondary N) is 1. The first kappa shape index (κ1) is 16.0. The van der Waals surface area contributed by atoms with Crippen molar-refractivity contribution in [1.29, 1.82) is 0 Å². The average Bonchev–Trinajstić information content (AvgIpc) is 3.19. The summed E-state index contributed by atoms with van der Waals surface area (Å²) in [7, 11) is 2.00. The summed E-state index contributed by atoms with van der Waals surface area (Å²) in [5.41, 5.74) is -0.0682. The first-order chi connectivity index (χ1) is 11.1. The Bertz CT molecular complexity index is 583.